The van der Waals surface area contributed by atoms with Gasteiger partial charge >= 0.3 is 5.97 Å². The standard InChI is InChI=1S/C12H14BrF2NO2/c1-2-3-4-18-11(17)7-16-12-9(14)5-8(13)6-10(12)15/h5-6,16H,2-4,7H2,1H3. The van der Waals surface area contributed by atoms with Crippen LogP contribution in [0.4, 0.5) is 14.5 Å². The van der Waals surface area contributed by atoms with Gasteiger partial charge in [0.25, 0.3) is 0 Å². The molecule has 0 fully saturated rings. The van der Waals surface area contributed by atoms with Gasteiger partial charge in [-0.25, -0.2) is 8.78 Å². The highest BCUT2D eigenvalue weighted by atomic mass is 79.9. The van der Waals surface area contributed by atoms with Gasteiger partial charge in [-0.1, -0.05) is 29.3 Å². The van der Waals surface area contributed by atoms with Gasteiger partial charge in [-0.2, -0.15) is 0 Å². The van der Waals surface area contributed by atoms with E-state index in [1.807, 2.05) is 6.92 Å². The summed E-state index contributed by atoms with van der Waals surface area (Å²) in [5.41, 5.74) is -0.328. The van der Waals surface area contributed by atoms with E-state index in [1.165, 1.54) is 0 Å². The van der Waals surface area contributed by atoms with E-state index in [0.717, 1.165) is 25.0 Å². The van der Waals surface area contributed by atoms with E-state index in [9.17, 15) is 13.6 Å². The van der Waals surface area contributed by atoms with Crippen LogP contribution in [-0.2, 0) is 9.53 Å². The van der Waals surface area contributed by atoms with Crippen LogP contribution in [0.2, 0.25) is 0 Å². The molecule has 18 heavy (non-hydrogen) atoms. The van der Waals surface area contributed by atoms with Crippen molar-refractivity contribution in [2.24, 2.45) is 0 Å². The lowest BCUT2D eigenvalue weighted by molar-refractivity contribution is -0.141. The molecule has 1 rings (SSSR count). The number of carbonyl (C=O) groups excluding carboxylic acids is 1. The van der Waals surface area contributed by atoms with Crippen LogP contribution in [0.5, 0.6) is 0 Å². The molecule has 0 spiro atoms. The van der Waals surface area contributed by atoms with Crippen LogP contribution < -0.4 is 5.32 Å². The van der Waals surface area contributed by atoms with Crippen molar-refractivity contribution in [2.75, 3.05) is 18.5 Å². The summed E-state index contributed by atoms with van der Waals surface area (Å²) < 4.78 is 31.9. The number of rotatable bonds is 6. The minimum Gasteiger partial charge on any atom is -0.464 e. The highest BCUT2D eigenvalue weighted by Crippen LogP contribution is 2.23. The topological polar surface area (TPSA) is 38.3 Å². The van der Waals surface area contributed by atoms with Crippen molar-refractivity contribution in [1.29, 1.82) is 0 Å². The van der Waals surface area contributed by atoms with E-state index in [0.29, 0.717) is 11.1 Å². The summed E-state index contributed by atoms with van der Waals surface area (Å²) in [5.74, 6) is -2.06. The Hall–Kier alpha value is -1.17. The number of hydrogen-bond acceptors (Lipinski definition) is 3. The molecule has 0 heterocycles. The largest absolute Gasteiger partial charge is 0.464 e. The summed E-state index contributed by atoms with van der Waals surface area (Å²) in [4.78, 5) is 11.2. The van der Waals surface area contributed by atoms with Gasteiger partial charge in [-0.3, -0.25) is 4.79 Å². The highest BCUT2D eigenvalue weighted by Gasteiger charge is 2.12. The molecule has 0 bridgehead atoms. The Morgan fingerprint density at radius 3 is 2.56 bits per heavy atom. The van der Waals surface area contributed by atoms with Crippen molar-refractivity contribution < 1.29 is 18.3 Å². The van der Waals surface area contributed by atoms with Crippen molar-refractivity contribution in [3.05, 3.63) is 28.2 Å². The molecule has 0 aliphatic heterocycles. The number of nitrogens with one attached hydrogen (secondary N) is 1. The van der Waals surface area contributed by atoms with Crippen LogP contribution in [0.1, 0.15) is 19.8 Å². The second kappa shape index (κ2) is 7.31. The molecule has 1 aromatic rings. The fourth-order valence-electron chi connectivity index (χ4n) is 1.25. The molecule has 0 saturated carbocycles. The van der Waals surface area contributed by atoms with E-state index < -0.39 is 17.6 Å². The number of ether oxygens (including phenoxy) is 1. The van der Waals surface area contributed by atoms with Crippen LogP contribution in [-0.4, -0.2) is 19.1 Å². The maximum atomic E-state index is 13.4. The number of hydrogen-bond donors (Lipinski definition) is 1. The van der Waals surface area contributed by atoms with Crippen molar-refractivity contribution in [2.45, 2.75) is 19.8 Å². The fourth-order valence-corrected chi connectivity index (χ4v) is 1.65. The Kier molecular flexibility index (Phi) is 6.04. The number of unbranched alkanes of at least 4 members (excludes halogenated alkanes) is 1. The Bertz CT molecular complexity index is 404. The van der Waals surface area contributed by atoms with Crippen molar-refractivity contribution in [1.82, 2.24) is 0 Å². The first-order chi connectivity index (χ1) is 8.54. The van der Waals surface area contributed by atoms with Crippen LogP contribution in [0.15, 0.2) is 16.6 Å². The summed E-state index contributed by atoms with van der Waals surface area (Å²) in [6, 6.07) is 2.24. The zero-order valence-electron chi connectivity index (χ0n) is 9.93. The Balaban J connectivity index is 2.51. The van der Waals surface area contributed by atoms with Gasteiger partial charge in [0, 0.05) is 4.47 Å². The summed E-state index contributed by atoms with van der Waals surface area (Å²) in [7, 11) is 0. The molecule has 0 atom stereocenters. The van der Waals surface area contributed by atoms with Crippen LogP contribution in [0.3, 0.4) is 0 Å². The van der Waals surface area contributed by atoms with Crippen LogP contribution in [0, 0.1) is 11.6 Å². The summed E-state index contributed by atoms with van der Waals surface area (Å²) in [5, 5.41) is 2.39. The second-order valence-electron chi connectivity index (χ2n) is 3.67. The third-order valence-electron chi connectivity index (χ3n) is 2.18. The third-order valence-corrected chi connectivity index (χ3v) is 2.64. The van der Waals surface area contributed by atoms with Crippen LogP contribution in [0.25, 0.3) is 0 Å². The predicted molar refractivity (Wildman–Crippen MR) is 68.4 cm³/mol. The Morgan fingerprint density at radius 2 is 2.00 bits per heavy atom. The van der Waals surface area contributed by atoms with E-state index in [2.05, 4.69) is 21.2 Å². The minimum atomic E-state index is -0.761. The molecule has 0 aliphatic rings. The molecule has 0 aliphatic carbocycles. The molecular formula is C12H14BrF2NO2. The summed E-state index contributed by atoms with van der Waals surface area (Å²) in [6.45, 7) is 2.03. The third kappa shape index (κ3) is 4.60. The first-order valence-electron chi connectivity index (χ1n) is 5.58. The van der Waals surface area contributed by atoms with Crippen LogP contribution >= 0.6 is 15.9 Å². The van der Waals surface area contributed by atoms with E-state index in [4.69, 9.17) is 4.74 Å². The van der Waals surface area contributed by atoms with Gasteiger partial charge < -0.3 is 10.1 Å². The number of esters is 1. The van der Waals surface area contributed by atoms with Gasteiger partial charge in [0.15, 0.2) is 0 Å². The zero-order valence-corrected chi connectivity index (χ0v) is 11.5. The number of benzene rings is 1. The highest BCUT2D eigenvalue weighted by molar-refractivity contribution is 9.10. The zero-order chi connectivity index (χ0) is 13.5. The van der Waals surface area contributed by atoms with Crippen molar-refractivity contribution in [3.63, 3.8) is 0 Å². The molecule has 3 nitrogen and oxygen atoms in total. The second-order valence-corrected chi connectivity index (χ2v) is 4.59. The summed E-state index contributed by atoms with van der Waals surface area (Å²) >= 11 is 2.97. The molecule has 0 saturated heterocycles. The first-order valence-corrected chi connectivity index (χ1v) is 6.38. The number of halogens is 3. The maximum Gasteiger partial charge on any atom is 0.325 e. The molecule has 1 aromatic carbocycles. The van der Waals surface area contributed by atoms with Gasteiger partial charge in [-0.15, -0.1) is 0 Å². The molecule has 1 N–H and O–H groups in total. The van der Waals surface area contributed by atoms with Gasteiger partial charge in [-0.05, 0) is 18.6 Å². The molecule has 6 heteroatoms. The van der Waals surface area contributed by atoms with Gasteiger partial charge in [0.2, 0.25) is 0 Å². The fraction of sp³-hybridized carbons (Fsp3) is 0.417. The minimum absolute atomic E-state index is 0.265. The number of anilines is 1. The molecule has 0 amide bonds. The van der Waals surface area contributed by atoms with Crippen molar-refractivity contribution in [3.8, 4) is 0 Å². The van der Waals surface area contributed by atoms with Gasteiger partial charge in [0.05, 0.1) is 6.61 Å². The van der Waals surface area contributed by atoms with Crippen molar-refractivity contribution >= 4 is 27.6 Å². The lowest BCUT2D eigenvalue weighted by Gasteiger charge is -2.09. The quantitative estimate of drug-likeness (QED) is 0.644. The Labute approximate surface area is 113 Å². The van der Waals surface area contributed by atoms with E-state index in [-0.39, 0.29) is 12.2 Å². The normalized spacial score (nSPS) is 10.2. The molecule has 0 radical (unpaired) electrons. The molecule has 100 valence electrons. The average molecular weight is 322 g/mol. The lowest BCUT2D eigenvalue weighted by Crippen LogP contribution is -2.18. The predicted octanol–water partition coefficient (Wildman–Crippen LogP) is 3.48. The van der Waals surface area contributed by atoms with E-state index in [1.54, 1.807) is 0 Å². The smallest absolute Gasteiger partial charge is 0.325 e. The monoisotopic (exact) mass is 321 g/mol. The van der Waals surface area contributed by atoms with Gasteiger partial charge in [0.1, 0.15) is 23.9 Å². The lowest BCUT2D eigenvalue weighted by atomic mass is 10.3. The maximum absolute atomic E-state index is 13.4. The Morgan fingerprint density at radius 1 is 1.39 bits per heavy atom. The first kappa shape index (κ1) is 14.9. The molecule has 0 aromatic heterocycles. The number of carbonyl (C=O) groups is 1. The molecular weight excluding hydrogens is 308 g/mol. The average Bonchev–Trinajstić information content (AvgIpc) is 2.27. The SMILES string of the molecule is CCCCOC(=O)CNc1c(F)cc(Br)cc1F. The summed E-state index contributed by atoms with van der Waals surface area (Å²) in [6.07, 6.45) is 1.68. The molecule has 0 unspecified atom stereocenters. The van der Waals surface area contributed by atoms with E-state index >= 15 is 0 Å².